The van der Waals surface area contributed by atoms with Gasteiger partial charge in [0.1, 0.15) is 12.1 Å². The molecule has 0 radical (unpaired) electrons. The van der Waals surface area contributed by atoms with E-state index in [0.717, 1.165) is 5.01 Å². The minimum atomic E-state index is -1.18. The van der Waals surface area contributed by atoms with Gasteiger partial charge in [0.25, 0.3) is 6.29 Å². The van der Waals surface area contributed by atoms with Crippen LogP contribution >= 0.6 is 0 Å². The highest BCUT2D eigenvalue weighted by Gasteiger charge is 2.22. The number of rotatable bonds is 6. The first-order chi connectivity index (χ1) is 8.51. The summed E-state index contributed by atoms with van der Waals surface area (Å²) in [7, 11) is 1.25. The van der Waals surface area contributed by atoms with Crippen LogP contribution in [0.15, 0.2) is 0 Å². The molecule has 0 aliphatic carbocycles. The van der Waals surface area contributed by atoms with Crippen LogP contribution in [0, 0.1) is 5.21 Å². The van der Waals surface area contributed by atoms with Gasteiger partial charge in [-0.1, -0.05) is 0 Å². The Morgan fingerprint density at radius 2 is 1.95 bits per heavy atom. The van der Waals surface area contributed by atoms with Crippen molar-refractivity contribution in [3.8, 4) is 0 Å². The van der Waals surface area contributed by atoms with E-state index in [-0.39, 0.29) is 0 Å². The van der Waals surface area contributed by atoms with E-state index in [1.165, 1.54) is 14.0 Å². The lowest BCUT2D eigenvalue weighted by Gasteiger charge is -2.28. The van der Waals surface area contributed by atoms with Gasteiger partial charge in [0.15, 0.2) is 0 Å². The standard InChI is InChI=1S/C10H20N2O7/c1-7(17-9(15)18-10(2,3)4)19-12(16)11(5)6-8(13)14/h7,12H,6H2,1-5H3,(H,13,14). The van der Waals surface area contributed by atoms with Crippen LogP contribution in [-0.2, 0) is 19.1 Å². The first kappa shape index (κ1) is 17.6. The minimum Gasteiger partial charge on any atom is -0.579 e. The lowest BCUT2D eigenvalue weighted by atomic mass is 10.2. The molecule has 0 aromatic heterocycles. The molecule has 0 aliphatic heterocycles. The molecule has 0 rings (SSSR count). The van der Waals surface area contributed by atoms with E-state index in [1.807, 2.05) is 0 Å². The second-order valence-electron chi connectivity index (χ2n) is 4.78. The van der Waals surface area contributed by atoms with Crippen LogP contribution < -0.4 is 5.34 Å². The second kappa shape index (κ2) is 7.24. The summed E-state index contributed by atoms with van der Waals surface area (Å²) < 4.78 is 9.53. The Bertz CT molecular complexity index is 315. The van der Waals surface area contributed by atoms with Crippen molar-refractivity contribution in [2.45, 2.75) is 39.6 Å². The maximum Gasteiger partial charge on any atom is 0.511 e. The fourth-order valence-corrected chi connectivity index (χ4v) is 0.933. The summed E-state index contributed by atoms with van der Waals surface area (Å²) in [4.78, 5) is 26.3. The predicted octanol–water partition coefficient (Wildman–Crippen LogP) is -0.470. The van der Waals surface area contributed by atoms with Crippen LogP contribution in [0.4, 0.5) is 4.79 Å². The average Bonchev–Trinajstić information content (AvgIpc) is 2.11. The van der Waals surface area contributed by atoms with E-state index in [4.69, 9.17) is 14.7 Å². The smallest absolute Gasteiger partial charge is 0.511 e. The summed E-state index contributed by atoms with van der Waals surface area (Å²) in [6, 6.07) is 0. The normalized spacial score (nSPS) is 14.9. The van der Waals surface area contributed by atoms with Crippen molar-refractivity contribution in [1.29, 1.82) is 0 Å². The van der Waals surface area contributed by atoms with E-state index in [9.17, 15) is 14.8 Å². The Balaban J connectivity index is 4.13. The van der Waals surface area contributed by atoms with Gasteiger partial charge in [-0.05, 0) is 20.8 Å². The second-order valence-corrected chi connectivity index (χ2v) is 4.78. The van der Waals surface area contributed by atoms with Gasteiger partial charge in [-0.3, -0.25) is 4.79 Å². The molecule has 2 N–H and O–H groups in total. The number of carboxylic acids is 1. The molecule has 0 heterocycles. The van der Waals surface area contributed by atoms with Crippen molar-refractivity contribution in [3.63, 3.8) is 0 Å². The Hall–Kier alpha value is -1.42. The number of ether oxygens (including phenoxy) is 2. The highest BCUT2D eigenvalue weighted by Crippen LogP contribution is 2.08. The highest BCUT2D eigenvalue weighted by atomic mass is 17.0. The summed E-state index contributed by atoms with van der Waals surface area (Å²) in [5.41, 5.74) is -0.721. The monoisotopic (exact) mass is 280 g/mol. The summed E-state index contributed by atoms with van der Waals surface area (Å²) in [6.07, 6.45) is -2.16. The topological polar surface area (TPSA) is 113 Å². The van der Waals surface area contributed by atoms with Crippen molar-refractivity contribution in [2.75, 3.05) is 13.6 Å². The van der Waals surface area contributed by atoms with Crippen LogP contribution in [0.25, 0.3) is 0 Å². The van der Waals surface area contributed by atoms with E-state index < -0.39 is 35.9 Å². The number of carbonyl (C=O) groups excluding carboxylic acids is 1. The molecule has 2 atom stereocenters. The largest absolute Gasteiger partial charge is 0.579 e. The van der Waals surface area contributed by atoms with Crippen LogP contribution in [0.3, 0.4) is 0 Å². The third-order valence-corrected chi connectivity index (χ3v) is 1.60. The summed E-state index contributed by atoms with van der Waals surface area (Å²) >= 11 is 0. The molecule has 0 saturated heterocycles. The van der Waals surface area contributed by atoms with Crippen LogP contribution in [0.1, 0.15) is 27.7 Å². The maximum atomic E-state index is 11.4. The van der Waals surface area contributed by atoms with Crippen molar-refractivity contribution in [3.05, 3.63) is 5.21 Å². The first-order valence-electron chi connectivity index (χ1n) is 5.54. The SMILES string of the molecule is CC(OC(=O)OC(C)(C)C)O[NH+]([O-])N(C)CC(=O)O. The minimum absolute atomic E-state index is 0.516. The zero-order chi connectivity index (χ0) is 15.2. The zero-order valence-corrected chi connectivity index (χ0v) is 11.6. The van der Waals surface area contributed by atoms with Gasteiger partial charge in [0.2, 0.25) is 0 Å². The molecule has 9 heteroatoms. The fourth-order valence-electron chi connectivity index (χ4n) is 0.933. The Morgan fingerprint density at radius 1 is 1.42 bits per heavy atom. The van der Waals surface area contributed by atoms with E-state index in [2.05, 4.69) is 4.74 Å². The molecular formula is C10H20N2O7. The number of nitrogens with one attached hydrogen (secondary N) is 1. The van der Waals surface area contributed by atoms with E-state index >= 15 is 0 Å². The molecule has 0 spiro atoms. The molecule has 9 nitrogen and oxygen atoms in total. The molecule has 0 saturated carbocycles. The van der Waals surface area contributed by atoms with Gasteiger partial charge in [-0.15, -0.1) is 15.2 Å². The number of quaternary nitrogens is 1. The van der Waals surface area contributed by atoms with Gasteiger partial charge in [-0.25, -0.2) is 4.79 Å². The lowest BCUT2D eigenvalue weighted by Crippen LogP contribution is -3.13. The number of aliphatic carboxylic acids is 1. The lowest BCUT2D eigenvalue weighted by molar-refractivity contribution is -1.15. The predicted molar refractivity (Wildman–Crippen MR) is 62.5 cm³/mol. The van der Waals surface area contributed by atoms with E-state index in [1.54, 1.807) is 20.8 Å². The molecule has 0 bridgehead atoms. The molecule has 0 aromatic rings. The van der Waals surface area contributed by atoms with Gasteiger partial charge < -0.3 is 19.8 Å². The van der Waals surface area contributed by atoms with Gasteiger partial charge in [0, 0.05) is 14.0 Å². The number of nitrogens with zero attached hydrogens (tertiary/aromatic N) is 1. The van der Waals surface area contributed by atoms with Crippen LogP contribution in [0.2, 0.25) is 0 Å². The zero-order valence-electron chi connectivity index (χ0n) is 11.6. The van der Waals surface area contributed by atoms with Crippen molar-refractivity contribution in [2.24, 2.45) is 0 Å². The summed E-state index contributed by atoms with van der Waals surface area (Å²) in [6.45, 7) is 5.77. The molecule has 0 aromatic carbocycles. The number of carboxylic acid groups (broad SMARTS) is 1. The molecule has 0 fully saturated rings. The highest BCUT2D eigenvalue weighted by molar-refractivity contribution is 5.68. The quantitative estimate of drug-likeness (QED) is 0.381. The Kier molecular flexibility index (Phi) is 6.70. The van der Waals surface area contributed by atoms with Crippen molar-refractivity contribution < 1.29 is 34.3 Å². The molecule has 2 unspecified atom stereocenters. The van der Waals surface area contributed by atoms with E-state index in [0.29, 0.717) is 0 Å². The van der Waals surface area contributed by atoms with Gasteiger partial charge in [0.05, 0.1) is 0 Å². The first-order valence-corrected chi connectivity index (χ1v) is 5.54. The molecule has 112 valence electrons. The van der Waals surface area contributed by atoms with Crippen LogP contribution in [0.5, 0.6) is 0 Å². The third kappa shape index (κ3) is 9.19. The molecular weight excluding hydrogens is 260 g/mol. The van der Waals surface area contributed by atoms with Gasteiger partial charge >= 0.3 is 12.1 Å². The average molecular weight is 280 g/mol. The summed E-state index contributed by atoms with van der Waals surface area (Å²) in [5.74, 6) is -1.18. The molecule has 19 heavy (non-hydrogen) atoms. The summed E-state index contributed by atoms with van der Waals surface area (Å²) in [5, 5.41) is 19.8. The number of carbonyl (C=O) groups is 2. The Labute approximate surface area is 111 Å². The number of likely N-dealkylation sites (N-methyl/N-ethyl adjacent to an activating group) is 1. The number of hydrogen-bond donors (Lipinski definition) is 2. The van der Waals surface area contributed by atoms with Crippen molar-refractivity contribution >= 4 is 12.1 Å². The van der Waals surface area contributed by atoms with Crippen molar-refractivity contribution in [1.82, 2.24) is 5.01 Å². The molecule has 0 aliphatic rings. The van der Waals surface area contributed by atoms with Crippen LogP contribution in [-0.4, -0.2) is 47.7 Å². The van der Waals surface area contributed by atoms with Gasteiger partial charge in [-0.2, -0.15) is 0 Å². The maximum absolute atomic E-state index is 11.4. The number of hydrogen-bond acceptors (Lipinski definition) is 7. The third-order valence-electron chi connectivity index (χ3n) is 1.60. The fraction of sp³-hybridized carbons (Fsp3) is 0.800. The Morgan fingerprint density at radius 3 is 2.37 bits per heavy atom. The molecule has 0 amide bonds.